The van der Waals surface area contributed by atoms with Crippen molar-refractivity contribution in [3.8, 4) is 0 Å². The summed E-state index contributed by atoms with van der Waals surface area (Å²) in [5, 5.41) is 3.03. The van der Waals surface area contributed by atoms with E-state index in [1.165, 1.54) is 38.5 Å². The molecule has 0 aromatic heterocycles. The second kappa shape index (κ2) is 13.4. The fourth-order valence-electron chi connectivity index (χ4n) is 4.05. The van der Waals surface area contributed by atoms with Crippen LogP contribution in [0.2, 0.25) is 0 Å². The van der Waals surface area contributed by atoms with Crippen LogP contribution in [-0.2, 0) is 14.3 Å². The number of hydrogen-bond donors (Lipinski definition) is 1. The summed E-state index contributed by atoms with van der Waals surface area (Å²) in [4.78, 5) is 28.9. The zero-order valence-electron chi connectivity index (χ0n) is 17.8. The standard InChI is InChI=1S/C21H39N3O3S/c1-22-11-13-27-14-12-23(2)21(26)15-19-16-28-17-24(19)20(25)10-6-9-18-7-4-3-5-8-18/h18-19,22H,3-17H2,1-2H3. The predicted molar refractivity (Wildman–Crippen MR) is 115 cm³/mol. The fourth-order valence-corrected chi connectivity index (χ4v) is 5.28. The quantitative estimate of drug-likeness (QED) is 0.499. The normalized spacial score (nSPS) is 20.5. The fraction of sp³-hybridized carbons (Fsp3) is 0.905. The molecule has 2 fully saturated rings. The van der Waals surface area contributed by atoms with Crippen LogP contribution >= 0.6 is 11.8 Å². The molecule has 1 heterocycles. The Labute approximate surface area is 175 Å². The van der Waals surface area contributed by atoms with Gasteiger partial charge in [-0.05, 0) is 25.8 Å². The van der Waals surface area contributed by atoms with Crippen LogP contribution < -0.4 is 5.32 Å². The Morgan fingerprint density at radius 3 is 2.75 bits per heavy atom. The summed E-state index contributed by atoms with van der Waals surface area (Å²) in [6.07, 6.45) is 10.0. The number of likely N-dealkylation sites (N-methyl/N-ethyl adjacent to an activating group) is 2. The third-order valence-corrected chi connectivity index (χ3v) is 7.01. The van der Waals surface area contributed by atoms with Crippen LogP contribution in [0.4, 0.5) is 0 Å². The molecule has 0 bridgehead atoms. The van der Waals surface area contributed by atoms with Crippen molar-refractivity contribution in [1.29, 1.82) is 0 Å². The van der Waals surface area contributed by atoms with E-state index >= 15 is 0 Å². The van der Waals surface area contributed by atoms with Gasteiger partial charge in [-0.25, -0.2) is 0 Å². The van der Waals surface area contributed by atoms with Crippen molar-refractivity contribution in [2.75, 3.05) is 52.0 Å². The Kier molecular flexibility index (Phi) is 11.3. The van der Waals surface area contributed by atoms with E-state index in [4.69, 9.17) is 4.74 Å². The smallest absolute Gasteiger partial charge is 0.224 e. The van der Waals surface area contributed by atoms with Gasteiger partial charge in [0.2, 0.25) is 11.8 Å². The van der Waals surface area contributed by atoms with Gasteiger partial charge in [-0.2, -0.15) is 0 Å². The molecular weight excluding hydrogens is 374 g/mol. The third kappa shape index (κ3) is 8.29. The van der Waals surface area contributed by atoms with Gasteiger partial charge in [-0.3, -0.25) is 9.59 Å². The molecule has 0 radical (unpaired) electrons. The summed E-state index contributed by atoms with van der Waals surface area (Å²) in [6, 6.07) is 0.0485. The largest absolute Gasteiger partial charge is 0.378 e. The highest BCUT2D eigenvalue weighted by Gasteiger charge is 2.31. The Balaban J connectivity index is 1.66. The van der Waals surface area contributed by atoms with Crippen molar-refractivity contribution < 1.29 is 14.3 Å². The van der Waals surface area contributed by atoms with Crippen molar-refractivity contribution in [3.63, 3.8) is 0 Å². The molecule has 162 valence electrons. The third-order valence-electron chi connectivity index (χ3n) is 5.93. The first kappa shape index (κ1) is 23.5. The molecule has 2 rings (SSSR count). The van der Waals surface area contributed by atoms with Crippen LogP contribution in [-0.4, -0.2) is 79.7 Å². The maximum Gasteiger partial charge on any atom is 0.224 e. The number of hydrogen-bond acceptors (Lipinski definition) is 5. The molecule has 0 aromatic rings. The molecule has 6 nitrogen and oxygen atoms in total. The number of nitrogens with one attached hydrogen (secondary N) is 1. The van der Waals surface area contributed by atoms with E-state index < -0.39 is 0 Å². The highest BCUT2D eigenvalue weighted by atomic mass is 32.2. The summed E-state index contributed by atoms with van der Waals surface area (Å²) in [6.45, 7) is 2.61. The van der Waals surface area contributed by atoms with Gasteiger partial charge in [0.25, 0.3) is 0 Å². The summed E-state index contributed by atoms with van der Waals surface area (Å²) in [5.74, 6) is 2.76. The molecule has 1 N–H and O–H groups in total. The molecular formula is C21H39N3O3S. The summed E-state index contributed by atoms with van der Waals surface area (Å²) in [7, 11) is 3.71. The monoisotopic (exact) mass is 413 g/mol. The summed E-state index contributed by atoms with van der Waals surface area (Å²) in [5.41, 5.74) is 0. The second-order valence-electron chi connectivity index (χ2n) is 8.15. The molecule has 1 saturated carbocycles. The van der Waals surface area contributed by atoms with E-state index in [0.29, 0.717) is 32.6 Å². The van der Waals surface area contributed by atoms with Crippen LogP contribution in [0.1, 0.15) is 57.8 Å². The number of thioether (sulfide) groups is 1. The minimum absolute atomic E-state index is 0.0485. The molecule has 1 aliphatic heterocycles. The zero-order chi connectivity index (χ0) is 20.2. The van der Waals surface area contributed by atoms with Gasteiger partial charge in [0.05, 0.1) is 25.1 Å². The average molecular weight is 414 g/mol. The molecule has 7 heteroatoms. The molecule has 1 aliphatic carbocycles. The van der Waals surface area contributed by atoms with Gasteiger partial charge < -0.3 is 19.9 Å². The van der Waals surface area contributed by atoms with Crippen molar-refractivity contribution in [3.05, 3.63) is 0 Å². The number of carbonyl (C=O) groups is 2. The van der Waals surface area contributed by atoms with Gasteiger partial charge >= 0.3 is 0 Å². The maximum atomic E-state index is 12.7. The average Bonchev–Trinajstić information content (AvgIpc) is 3.16. The first-order chi connectivity index (χ1) is 13.6. The molecule has 28 heavy (non-hydrogen) atoms. The molecule has 0 spiro atoms. The Bertz CT molecular complexity index is 472. The van der Waals surface area contributed by atoms with Crippen LogP contribution in [0, 0.1) is 5.92 Å². The van der Waals surface area contributed by atoms with Crippen LogP contribution in [0.5, 0.6) is 0 Å². The summed E-state index contributed by atoms with van der Waals surface area (Å²) >= 11 is 1.76. The second-order valence-corrected chi connectivity index (χ2v) is 9.15. The van der Waals surface area contributed by atoms with Crippen LogP contribution in [0.3, 0.4) is 0 Å². The first-order valence-electron chi connectivity index (χ1n) is 10.9. The van der Waals surface area contributed by atoms with Crippen LogP contribution in [0.25, 0.3) is 0 Å². The van der Waals surface area contributed by atoms with Crippen molar-refractivity contribution in [2.45, 2.75) is 63.8 Å². The number of ether oxygens (including phenoxy) is 1. The van der Waals surface area contributed by atoms with E-state index in [-0.39, 0.29) is 17.9 Å². The first-order valence-corrected chi connectivity index (χ1v) is 12.1. The molecule has 1 unspecified atom stereocenters. The SMILES string of the molecule is CNCCOCCN(C)C(=O)CC1CSCN1C(=O)CCCC1CCCCC1. The van der Waals surface area contributed by atoms with Crippen LogP contribution in [0.15, 0.2) is 0 Å². The van der Waals surface area contributed by atoms with Gasteiger partial charge in [0, 0.05) is 38.7 Å². The summed E-state index contributed by atoms with van der Waals surface area (Å²) < 4.78 is 5.49. The minimum Gasteiger partial charge on any atom is -0.378 e. The lowest BCUT2D eigenvalue weighted by molar-refractivity contribution is -0.135. The minimum atomic E-state index is 0.0485. The van der Waals surface area contributed by atoms with Gasteiger partial charge in [-0.15, -0.1) is 11.8 Å². The van der Waals surface area contributed by atoms with E-state index in [1.54, 1.807) is 16.7 Å². The van der Waals surface area contributed by atoms with Crippen molar-refractivity contribution >= 4 is 23.6 Å². The number of amides is 2. The predicted octanol–water partition coefficient (Wildman–Crippen LogP) is 2.72. The lowest BCUT2D eigenvalue weighted by Gasteiger charge is -2.26. The highest BCUT2D eigenvalue weighted by molar-refractivity contribution is 7.99. The van der Waals surface area contributed by atoms with Gasteiger partial charge in [0.15, 0.2) is 0 Å². The maximum absolute atomic E-state index is 12.7. The number of nitrogens with zero attached hydrogens (tertiary/aromatic N) is 2. The Morgan fingerprint density at radius 1 is 1.21 bits per heavy atom. The molecule has 1 atom stereocenters. The Hall–Kier alpha value is -0.790. The number of rotatable bonds is 12. The van der Waals surface area contributed by atoms with E-state index in [0.717, 1.165) is 30.5 Å². The van der Waals surface area contributed by atoms with Gasteiger partial charge in [0.1, 0.15) is 0 Å². The van der Waals surface area contributed by atoms with E-state index in [9.17, 15) is 9.59 Å². The van der Waals surface area contributed by atoms with Crippen molar-refractivity contribution in [2.24, 2.45) is 5.92 Å². The molecule has 0 aromatic carbocycles. The topological polar surface area (TPSA) is 61.9 Å². The van der Waals surface area contributed by atoms with E-state index in [1.807, 2.05) is 19.0 Å². The highest BCUT2D eigenvalue weighted by Crippen LogP contribution is 2.29. The van der Waals surface area contributed by atoms with E-state index in [2.05, 4.69) is 5.32 Å². The van der Waals surface area contributed by atoms with Crippen molar-refractivity contribution in [1.82, 2.24) is 15.1 Å². The Morgan fingerprint density at radius 2 is 2.00 bits per heavy atom. The van der Waals surface area contributed by atoms with Gasteiger partial charge in [-0.1, -0.05) is 32.1 Å². The molecule has 2 aliphatic rings. The lowest BCUT2D eigenvalue weighted by Crippen LogP contribution is -2.41. The number of carbonyl (C=O) groups excluding carboxylic acids is 2. The molecule has 2 amide bonds. The molecule has 1 saturated heterocycles. The zero-order valence-corrected chi connectivity index (χ0v) is 18.6. The lowest BCUT2D eigenvalue weighted by atomic mass is 9.86.